The number of anilines is 4. The molecule has 3 aromatic rings. The smallest absolute Gasteiger partial charge is 0.159 e. The van der Waals surface area contributed by atoms with E-state index in [2.05, 4.69) is 27.4 Å². The van der Waals surface area contributed by atoms with Crippen molar-refractivity contribution in [1.82, 2.24) is 9.97 Å². The molecule has 5 nitrogen and oxygen atoms in total. The summed E-state index contributed by atoms with van der Waals surface area (Å²) in [6, 6.07) is 15.4. The van der Waals surface area contributed by atoms with Crippen molar-refractivity contribution in [3.05, 3.63) is 70.5 Å². The minimum atomic E-state index is 0.418. The number of hydrogen-bond donors (Lipinski definition) is 2. The Morgan fingerprint density at radius 2 is 1.80 bits per heavy atom. The summed E-state index contributed by atoms with van der Waals surface area (Å²) >= 11 is 12.3. The van der Waals surface area contributed by atoms with Gasteiger partial charge in [-0.3, -0.25) is 0 Å². The van der Waals surface area contributed by atoms with Crippen molar-refractivity contribution < 1.29 is 0 Å². The molecule has 1 aromatic heterocycles. The van der Waals surface area contributed by atoms with Crippen LogP contribution in [0.3, 0.4) is 0 Å². The lowest BCUT2D eigenvalue weighted by Gasteiger charge is -2.21. The normalized spacial score (nSPS) is 10.5. The molecule has 0 amide bonds. The highest BCUT2D eigenvalue weighted by Crippen LogP contribution is 2.34. The molecule has 0 aliphatic heterocycles. The van der Waals surface area contributed by atoms with Gasteiger partial charge >= 0.3 is 0 Å². The Morgan fingerprint density at radius 1 is 1.04 bits per heavy atom. The number of nitrogens with two attached hydrogens (primary N) is 1. The van der Waals surface area contributed by atoms with E-state index >= 15 is 0 Å². The van der Waals surface area contributed by atoms with Gasteiger partial charge in [-0.1, -0.05) is 59.6 Å². The van der Waals surface area contributed by atoms with Gasteiger partial charge in [0.1, 0.15) is 12.0 Å². The van der Waals surface area contributed by atoms with Gasteiger partial charge in [0.05, 0.1) is 15.7 Å². The maximum Gasteiger partial charge on any atom is 0.159 e. The number of benzene rings is 2. The molecular weight excluding hydrogens is 357 g/mol. The first-order chi connectivity index (χ1) is 12.1. The second kappa shape index (κ2) is 7.59. The molecule has 0 saturated heterocycles. The van der Waals surface area contributed by atoms with E-state index in [0.29, 0.717) is 39.6 Å². The van der Waals surface area contributed by atoms with Crippen molar-refractivity contribution >= 4 is 46.2 Å². The van der Waals surface area contributed by atoms with Crippen LogP contribution in [0, 0.1) is 0 Å². The Kier molecular flexibility index (Phi) is 5.26. The fourth-order valence-corrected chi connectivity index (χ4v) is 2.80. The summed E-state index contributed by atoms with van der Waals surface area (Å²) in [5.74, 6) is 1.12. The van der Waals surface area contributed by atoms with Gasteiger partial charge in [-0.05, 0) is 17.7 Å². The van der Waals surface area contributed by atoms with Crippen LogP contribution in [0.15, 0.2) is 54.9 Å². The summed E-state index contributed by atoms with van der Waals surface area (Å²) in [7, 11) is 1.93. The minimum Gasteiger partial charge on any atom is -0.393 e. The third-order valence-electron chi connectivity index (χ3n) is 3.69. The number of aromatic nitrogens is 2. The van der Waals surface area contributed by atoms with E-state index in [4.69, 9.17) is 28.9 Å². The van der Waals surface area contributed by atoms with Crippen molar-refractivity contribution in [2.24, 2.45) is 0 Å². The zero-order chi connectivity index (χ0) is 17.8. The van der Waals surface area contributed by atoms with Crippen LogP contribution in [0.1, 0.15) is 5.56 Å². The number of rotatable bonds is 5. The van der Waals surface area contributed by atoms with Crippen molar-refractivity contribution in [3.8, 4) is 0 Å². The van der Waals surface area contributed by atoms with Gasteiger partial charge in [-0.15, -0.1) is 0 Å². The number of nitrogens with zero attached hydrogens (tertiary/aromatic N) is 3. The van der Waals surface area contributed by atoms with E-state index in [1.165, 1.54) is 6.33 Å². The van der Waals surface area contributed by atoms with Crippen LogP contribution in [0.2, 0.25) is 10.0 Å². The fraction of sp³-hybridized carbons (Fsp3) is 0.111. The summed E-state index contributed by atoms with van der Waals surface area (Å²) in [6.45, 7) is 0.680. The highest BCUT2D eigenvalue weighted by atomic mass is 35.5. The average molecular weight is 374 g/mol. The van der Waals surface area contributed by atoms with Crippen molar-refractivity contribution in [2.45, 2.75) is 6.54 Å². The molecule has 3 rings (SSSR count). The lowest BCUT2D eigenvalue weighted by Crippen LogP contribution is -2.20. The zero-order valence-electron chi connectivity index (χ0n) is 13.6. The van der Waals surface area contributed by atoms with E-state index in [1.54, 1.807) is 12.1 Å². The highest BCUT2D eigenvalue weighted by Gasteiger charge is 2.14. The third kappa shape index (κ3) is 3.95. The van der Waals surface area contributed by atoms with Gasteiger partial charge in [0.15, 0.2) is 11.6 Å². The van der Waals surface area contributed by atoms with E-state index in [9.17, 15) is 0 Å². The fourth-order valence-electron chi connectivity index (χ4n) is 2.45. The lowest BCUT2D eigenvalue weighted by atomic mass is 10.2. The van der Waals surface area contributed by atoms with Crippen LogP contribution in [0.4, 0.5) is 23.0 Å². The summed E-state index contributed by atoms with van der Waals surface area (Å²) in [4.78, 5) is 10.5. The molecule has 0 saturated carbocycles. The number of hydrogen-bond acceptors (Lipinski definition) is 5. The summed E-state index contributed by atoms with van der Waals surface area (Å²) in [5, 5.41) is 4.00. The van der Waals surface area contributed by atoms with Crippen LogP contribution >= 0.6 is 23.2 Å². The van der Waals surface area contributed by atoms with Crippen LogP contribution in [0.5, 0.6) is 0 Å². The molecule has 0 bridgehead atoms. The Bertz CT molecular complexity index is 871. The molecular formula is C18H17Cl2N5. The minimum absolute atomic E-state index is 0.418. The van der Waals surface area contributed by atoms with Gasteiger partial charge in [-0.25, -0.2) is 9.97 Å². The molecule has 128 valence electrons. The van der Waals surface area contributed by atoms with E-state index in [-0.39, 0.29) is 0 Å². The van der Waals surface area contributed by atoms with Gasteiger partial charge in [0.25, 0.3) is 0 Å². The van der Waals surface area contributed by atoms with Crippen molar-refractivity contribution in [3.63, 3.8) is 0 Å². The molecule has 25 heavy (non-hydrogen) atoms. The summed E-state index contributed by atoms with van der Waals surface area (Å²) < 4.78 is 0. The first-order valence-electron chi connectivity index (χ1n) is 7.63. The first-order valence-corrected chi connectivity index (χ1v) is 8.38. The maximum absolute atomic E-state index is 6.27. The van der Waals surface area contributed by atoms with Crippen LogP contribution < -0.4 is 16.0 Å². The zero-order valence-corrected chi connectivity index (χ0v) is 15.1. The van der Waals surface area contributed by atoms with E-state index in [1.807, 2.05) is 36.2 Å². The molecule has 0 spiro atoms. The van der Waals surface area contributed by atoms with Crippen molar-refractivity contribution in [1.29, 1.82) is 0 Å². The molecule has 2 aromatic carbocycles. The molecule has 1 heterocycles. The molecule has 7 heteroatoms. The Hall–Kier alpha value is -2.50. The first kappa shape index (κ1) is 17.3. The largest absolute Gasteiger partial charge is 0.393 e. The molecule has 0 unspecified atom stereocenters. The number of nitrogens with one attached hydrogen (secondary N) is 1. The number of halogens is 2. The summed E-state index contributed by atoms with van der Waals surface area (Å²) in [5.41, 5.74) is 8.51. The van der Waals surface area contributed by atoms with Crippen molar-refractivity contribution in [2.75, 3.05) is 23.0 Å². The topological polar surface area (TPSA) is 67.1 Å². The molecule has 0 atom stereocenters. The molecule has 0 aliphatic rings. The maximum atomic E-state index is 6.27. The monoisotopic (exact) mass is 373 g/mol. The molecule has 0 aliphatic carbocycles. The van der Waals surface area contributed by atoms with Gasteiger partial charge in [-0.2, -0.15) is 0 Å². The van der Waals surface area contributed by atoms with Gasteiger partial charge < -0.3 is 16.0 Å². The summed E-state index contributed by atoms with van der Waals surface area (Å²) in [6.07, 6.45) is 1.47. The third-order valence-corrected chi connectivity index (χ3v) is 4.51. The standard InChI is InChI=1S/C18H17Cl2N5/c1-25(10-12-6-3-2-4-7-12)18-16(21)17(22-11-23-18)24-14-9-5-8-13(19)15(14)20/h2-9,11H,10,21H2,1H3,(H,22,23,24). The quantitative estimate of drug-likeness (QED) is 0.675. The van der Waals surface area contributed by atoms with E-state index < -0.39 is 0 Å². The lowest BCUT2D eigenvalue weighted by molar-refractivity contribution is 0.894. The predicted molar refractivity (Wildman–Crippen MR) is 105 cm³/mol. The Labute approximate surface area is 156 Å². The molecule has 0 fully saturated rings. The SMILES string of the molecule is CN(Cc1ccccc1)c1ncnc(Nc2cccc(Cl)c2Cl)c1N. The number of nitrogen functional groups attached to an aromatic ring is 1. The van der Waals surface area contributed by atoms with Gasteiger partial charge in [0.2, 0.25) is 0 Å². The van der Waals surface area contributed by atoms with Gasteiger partial charge in [0, 0.05) is 13.6 Å². The predicted octanol–water partition coefficient (Wildman–Crippen LogP) is 4.75. The second-order valence-electron chi connectivity index (χ2n) is 5.53. The molecule has 0 radical (unpaired) electrons. The van der Waals surface area contributed by atoms with Crippen LogP contribution in [0.25, 0.3) is 0 Å². The second-order valence-corrected chi connectivity index (χ2v) is 6.31. The van der Waals surface area contributed by atoms with E-state index in [0.717, 1.165) is 5.56 Å². The van der Waals surface area contributed by atoms with Crippen LogP contribution in [-0.4, -0.2) is 17.0 Å². The van der Waals surface area contributed by atoms with Crippen LogP contribution in [-0.2, 0) is 6.54 Å². The highest BCUT2D eigenvalue weighted by molar-refractivity contribution is 6.43. The average Bonchev–Trinajstić information content (AvgIpc) is 2.61. The Balaban J connectivity index is 1.86. The Morgan fingerprint density at radius 3 is 2.56 bits per heavy atom. The molecule has 3 N–H and O–H groups in total.